The van der Waals surface area contributed by atoms with Gasteiger partial charge in [0.2, 0.25) is 0 Å². The van der Waals surface area contributed by atoms with Crippen LogP contribution in [-0.2, 0) is 25.7 Å². The van der Waals surface area contributed by atoms with E-state index < -0.39 is 0 Å². The smallest absolute Gasteiger partial charge is 0.0150 e. The normalized spacial score (nSPS) is 11.9. The van der Waals surface area contributed by atoms with E-state index in [2.05, 4.69) is 117 Å². The van der Waals surface area contributed by atoms with Crippen LogP contribution >= 0.6 is 0 Å². The Bertz CT molecular complexity index is 1070. The molecule has 0 heterocycles. The summed E-state index contributed by atoms with van der Waals surface area (Å²) < 4.78 is 0. The number of hydrogen-bond donors (Lipinski definition) is 0. The van der Waals surface area contributed by atoms with Crippen LogP contribution < -0.4 is 0 Å². The number of hydrogen-bond acceptors (Lipinski definition) is 0. The molecule has 4 aromatic rings. The molecule has 4 aromatic carbocycles. The molecule has 0 N–H and O–H groups in total. The first-order valence-corrected chi connectivity index (χ1v) is 12.0. The van der Waals surface area contributed by atoms with Crippen molar-refractivity contribution < 1.29 is 0 Å². The largest absolute Gasteiger partial charge is 0.0651 e. The van der Waals surface area contributed by atoms with Crippen molar-refractivity contribution in [3.63, 3.8) is 0 Å². The molecule has 0 amide bonds. The van der Waals surface area contributed by atoms with Crippen LogP contribution in [0.3, 0.4) is 0 Å². The van der Waals surface area contributed by atoms with Crippen molar-refractivity contribution in [2.45, 2.75) is 51.9 Å². The van der Waals surface area contributed by atoms with Crippen LogP contribution in [0, 0.1) is 0 Å². The van der Waals surface area contributed by atoms with Gasteiger partial charge in [0.1, 0.15) is 0 Å². The quantitative estimate of drug-likeness (QED) is 0.256. The molecule has 0 aliphatic rings. The summed E-state index contributed by atoms with van der Waals surface area (Å²) in [6, 6.07) is 38.1. The zero-order chi connectivity index (χ0) is 22.2. The van der Waals surface area contributed by atoms with Crippen LogP contribution in [0.5, 0.6) is 0 Å². The lowest BCUT2D eigenvalue weighted by molar-refractivity contribution is 0.759. The van der Waals surface area contributed by atoms with Gasteiger partial charge in [0, 0.05) is 0 Å². The molecule has 32 heavy (non-hydrogen) atoms. The molecule has 0 bridgehead atoms. The SMILES string of the molecule is CCCc1ccc(CCc2ccc(-c3ccc(C[C@@H](C)c4ccccc4)cc3)cc2)cc1. The first-order chi connectivity index (χ1) is 15.7. The van der Waals surface area contributed by atoms with Crippen molar-refractivity contribution >= 4 is 0 Å². The van der Waals surface area contributed by atoms with Crippen molar-refractivity contribution in [3.05, 3.63) is 131 Å². The molecule has 0 saturated heterocycles. The summed E-state index contributed by atoms with van der Waals surface area (Å²) >= 11 is 0. The Hall–Kier alpha value is -3.12. The van der Waals surface area contributed by atoms with Crippen LogP contribution in [0.25, 0.3) is 11.1 Å². The summed E-state index contributed by atoms with van der Waals surface area (Å²) in [5, 5.41) is 0. The highest BCUT2D eigenvalue weighted by molar-refractivity contribution is 5.64. The molecule has 0 aliphatic heterocycles. The number of rotatable bonds is 9. The molecule has 4 rings (SSSR count). The van der Waals surface area contributed by atoms with Crippen LogP contribution in [0.4, 0.5) is 0 Å². The van der Waals surface area contributed by atoms with Gasteiger partial charge in [0.25, 0.3) is 0 Å². The van der Waals surface area contributed by atoms with Crippen LogP contribution in [-0.4, -0.2) is 0 Å². The van der Waals surface area contributed by atoms with E-state index in [9.17, 15) is 0 Å². The molecular formula is C32H34. The van der Waals surface area contributed by atoms with E-state index in [0.717, 1.165) is 19.3 Å². The Morgan fingerprint density at radius 3 is 1.44 bits per heavy atom. The fourth-order valence-electron chi connectivity index (χ4n) is 4.40. The lowest BCUT2D eigenvalue weighted by Crippen LogP contribution is -1.98. The predicted octanol–water partition coefficient (Wildman–Crippen LogP) is 8.44. The highest BCUT2D eigenvalue weighted by Crippen LogP contribution is 2.24. The van der Waals surface area contributed by atoms with Crippen molar-refractivity contribution in [3.8, 4) is 11.1 Å². The third kappa shape index (κ3) is 5.98. The molecule has 1 atom stereocenters. The van der Waals surface area contributed by atoms with Gasteiger partial charge in [-0.3, -0.25) is 0 Å². The van der Waals surface area contributed by atoms with E-state index in [1.54, 1.807) is 0 Å². The fourth-order valence-corrected chi connectivity index (χ4v) is 4.40. The molecule has 0 saturated carbocycles. The van der Waals surface area contributed by atoms with Crippen LogP contribution in [0.2, 0.25) is 0 Å². The van der Waals surface area contributed by atoms with Crippen LogP contribution in [0.1, 0.15) is 54.0 Å². The van der Waals surface area contributed by atoms with E-state index >= 15 is 0 Å². The van der Waals surface area contributed by atoms with Gasteiger partial charge in [0.05, 0.1) is 0 Å². The average molecular weight is 419 g/mol. The van der Waals surface area contributed by atoms with Crippen molar-refractivity contribution in [2.24, 2.45) is 0 Å². The molecule has 0 nitrogen and oxygen atoms in total. The first-order valence-electron chi connectivity index (χ1n) is 12.0. The Morgan fingerprint density at radius 2 is 0.938 bits per heavy atom. The van der Waals surface area contributed by atoms with Gasteiger partial charge in [-0.25, -0.2) is 0 Å². The lowest BCUT2D eigenvalue weighted by atomic mass is 9.92. The second kappa shape index (κ2) is 11.0. The molecular weight excluding hydrogens is 384 g/mol. The maximum atomic E-state index is 2.31. The Balaban J connectivity index is 1.33. The van der Waals surface area contributed by atoms with Gasteiger partial charge in [-0.1, -0.05) is 123 Å². The molecule has 0 aromatic heterocycles. The maximum Gasteiger partial charge on any atom is -0.0150 e. The highest BCUT2D eigenvalue weighted by atomic mass is 14.1. The van der Waals surface area contributed by atoms with Gasteiger partial charge < -0.3 is 0 Å². The van der Waals surface area contributed by atoms with Gasteiger partial charge in [-0.2, -0.15) is 0 Å². The Morgan fingerprint density at radius 1 is 0.500 bits per heavy atom. The molecule has 0 heteroatoms. The standard InChI is InChI=1S/C32H34/c1-3-7-26-10-12-27(13-11-26)14-15-28-16-20-31(21-17-28)32-22-18-29(19-23-32)24-25(2)30-8-5-4-6-9-30/h4-6,8-13,16-23,25H,3,7,14-15,24H2,1-2H3/t25-/m1/s1. The summed E-state index contributed by atoms with van der Waals surface area (Å²) in [7, 11) is 0. The predicted molar refractivity (Wildman–Crippen MR) is 138 cm³/mol. The fraction of sp³-hybridized carbons (Fsp3) is 0.250. The molecule has 0 radical (unpaired) electrons. The van der Waals surface area contributed by atoms with Crippen molar-refractivity contribution in [1.29, 1.82) is 0 Å². The summed E-state index contributed by atoms with van der Waals surface area (Å²) in [4.78, 5) is 0. The molecule has 162 valence electrons. The van der Waals surface area contributed by atoms with Crippen molar-refractivity contribution in [2.75, 3.05) is 0 Å². The zero-order valence-corrected chi connectivity index (χ0v) is 19.4. The Kier molecular flexibility index (Phi) is 7.56. The summed E-state index contributed by atoms with van der Waals surface area (Å²) in [6.45, 7) is 4.54. The zero-order valence-electron chi connectivity index (χ0n) is 19.4. The van der Waals surface area contributed by atoms with E-state index in [-0.39, 0.29) is 0 Å². The molecule has 0 fully saturated rings. The van der Waals surface area contributed by atoms with Gasteiger partial charge in [0.15, 0.2) is 0 Å². The van der Waals surface area contributed by atoms with Crippen molar-refractivity contribution in [1.82, 2.24) is 0 Å². The number of aryl methyl sites for hydroxylation is 3. The summed E-state index contributed by atoms with van der Waals surface area (Å²) in [5.74, 6) is 0.532. The minimum Gasteiger partial charge on any atom is -0.0651 e. The molecule has 0 unspecified atom stereocenters. The maximum absolute atomic E-state index is 2.31. The second-order valence-corrected chi connectivity index (χ2v) is 8.98. The third-order valence-electron chi connectivity index (χ3n) is 6.42. The second-order valence-electron chi connectivity index (χ2n) is 8.98. The average Bonchev–Trinajstić information content (AvgIpc) is 2.85. The lowest BCUT2D eigenvalue weighted by Gasteiger charge is -2.12. The monoisotopic (exact) mass is 418 g/mol. The minimum absolute atomic E-state index is 0.532. The topological polar surface area (TPSA) is 0 Å². The van der Waals surface area contributed by atoms with E-state index in [1.165, 1.54) is 51.8 Å². The minimum atomic E-state index is 0.532. The first kappa shape index (κ1) is 22.1. The van der Waals surface area contributed by atoms with Crippen LogP contribution in [0.15, 0.2) is 103 Å². The summed E-state index contributed by atoms with van der Waals surface area (Å²) in [5.41, 5.74) is 9.66. The molecule has 0 aliphatic carbocycles. The van der Waals surface area contributed by atoms with Gasteiger partial charge in [-0.05, 0) is 70.5 Å². The highest BCUT2D eigenvalue weighted by Gasteiger charge is 2.07. The van der Waals surface area contributed by atoms with Gasteiger partial charge >= 0.3 is 0 Å². The molecule has 0 spiro atoms. The van der Waals surface area contributed by atoms with E-state index in [1.807, 2.05) is 0 Å². The Labute approximate surface area is 194 Å². The third-order valence-corrected chi connectivity index (χ3v) is 6.42. The van der Waals surface area contributed by atoms with E-state index in [4.69, 9.17) is 0 Å². The van der Waals surface area contributed by atoms with E-state index in [0.29, 0.717) is 5.92 Å². The number of benzene rings is 4. The summed E-state index contributed by atoms with van der Waals surface area (Å²) in [6.07, 6.45) is 5.64. The van der Waals surface area contributed by atoms with Gasteiger partial charge in [-0.15, -0.1) is 0 Å².